The minimum absolute atomic E-state index is 0.101. The smallest absolute Gasteiger partial charge is 0.169 e. The Morgan fingerprint density at radius 3 is 2.20 bits per heavy atom. The average molecular weight is 436 g/mol. The van der Waals surface area contributed by atoms with E-state index < -0.39 is 0 Å². The molecule has 0 aromatic heterocycles. The van der Waals surface area contributed by atoms with Gasteiger partial charge in [-0.3, -0.25) is 0 Å². The third-order valence-electron chi connectivity index (χ3n) is 5.52. The molecule has 1 heterocycles. The largest absolute Gasteiger partial charge is 0.368 e. The number of para-hydroxylation sites is 1. The van der Waals surface area contributed by atoms with Crippen molar-refractivity contribution >= 4 is 34.6 Å². The Morgan fingerprint density at radius 2 is 1.53 bits per heavy atom. The van der Waals surface area contributed by atoms with Gasteiger partial charge in [-0.25, -0.2) is 0 Å². The molecule has 1 N–H and O–H groups in total. The lowest BCUT2D eigenvalue weighted by atomic mass is 9.99. The van der Waals surface area contributed by atoms with Gasteiger partial charge in [0.15, 0.2) is 5.11 Å². The maximum atomic E-state index is 6.21. The van der Waals surface area contributed by atoms with Crippen LogP contribution in [0.25, 0.3) is 0 Å². The van der Waals surface area contributed by atoms with Crippen molar-refractivity contribution in [3.05, 3.63) is 101 Å². The lowest BCUT2D eigenvalue weighted by Crippen LogP contribution is -2.52. The van der Waals surface area contributed by atoms with Crippen LogP contribution < -0.4 is 10.2 Å². The van der Waals surface area contributed by atoms with Gasteiger partial charge in [0, 0.05) is 36.9 Å². The van der Waals surface area contributed by atoms with E-state index in [2.05, 4.69) is 75.8 Å². The van der Waals surface area contributed by atoms with E-state index in [-0.39, 0.29) is 6.04 Å². The maximum Gasteiger partial charge on any atom is 0.169 e. The number of nitrogens with one attached hydrogen (secondary N) is 1. The first-order valence-electron chi connectivity index (χ1n) is 10.3. The second-order valence-corrected chi connectivity index (χ2v) is 8.38. The van der Waals surface area contributed by atoms with Crippen molar-refractivity contribution in [1.29, 1.82) is 0 Å². The second kappa shape index (κ2) is 9.96. The van der Waals surface area contributed by atoms with Gasteiger partial charge in [-0.2, -0.15) is 0 Å². The van der Waals surface area contributed by atoms with E-state index in [4.69, 9.17) is 23.8 Å². The summed E-state index contributed by atoms with van der Waals surface area (Å²) in [5, 5.41) is 5.20. The summed E-state index contributed by atoms with van der Waals surface area (Å²) in [4.78, 5) is 4.70. The van der Waals surface area contributed by atoms with Crippen molar-refractivity contribution in [2.75, 3.05) is 31.1 Å². The van der Waals surface area contributed by atoms with Gasteiger partial charge < -0.3 is 15.1 Å². The molecule has 3 aromatic carbocycles. The molecule has 0 aliphatic carbocycles. The average Bonchev–Trinajstić information content (AvgIpc) is 2.80. The molecule has 1 unspecified atom stereocenters. The molecule has 0 saturated carbocycles. The number of hydrogen-bond acceptors (Lipinski definition) is 2. The van der Waals surface area contributed by atoms with E-state index >= 15 is 0 Å². The molecule has 0 radical (unpaired) electrons. The Bertz CT molecular complexity index is 956. The van der Waals surface area contributed by atoms with Gasteiger partial charge in [-0.1, -0.05) is 72.3 Å². The topological polar surface area (TPSA) is 18.5 Å². The molecule has 154 valence electrons. The van der Waals surface area contributed by atoms with Crippen LogP contribution in [-0.4, -0.2) is 36.2 Å². The normalized spacial score (nSPS) is 15.0. The van der Waals surface area contributed by atoms with Crippen molar-refractivity contribution in [3.63, 3.8) is 0 Å². The third kappa shape index (κ3) is 5.32. The number of rotatable bonds is 5. The number of hydrogen-bond donors (Lipinski definition) is 1. The highest BCUT2D eigenvalue weighted by Gasteiger charge is 2.22. The fraction of sp³-hybridized carbons (Fsp3) is 0.240. The Morgan fingerprint density at radius 1 is 0.867 bits per heavy atom. The van der Waals surface area contributed by atoms with Crippen LogP contribution in [0.1, 0.15) is 17.2 Å². The highest BCUT2D eigenvalue weighted by molar-refractivity contribution is 7.80. The molecule has 3 aromatic rings. The van der Waals surface area contributed by atoms with Crippen LogP contribution >= 0.6 is 23.8 Å². The highest BCUT2D eigenvalue weighted by Crippen LogP contribution is 2.22. The van der Waals surface area contributed by atoms with E-state index in [0.29, 0.717) is 0 Å². The van der Waals surface area contributed by atoms with Gasteiger partial charge in [0.05, 0.1) is 6.04 Å². The van der Waals surface area contributed by atoms with Gasteiger partial charge in [0.1, 0.15) is 0 Å². The molecular formula is C25H26ClN3S. The Balaban J connectivity index is 1.42. The van der Waals surface area contributed by atoms with Crippen LogP contribution in [0.4, 0.5) is 5.69 Å². The van der Waals surface area contributed by atoms with E-state index in [9.17, 15) is 0 Å². The van der Waals surface area contributed by atoms with Crippen LogP contribution in [0.3, 0.4) is 0 Å². The van der Waals surface area contributed by atoms with Gasteiger partial charge in [-0.05, 0) is 54.0 Å². The van der Waals surface area contributed by atoms with Gasteiger partial charge in [0.2, 0.25) is 0 Å². The molecule has 1 aliphatic heterocycles. The van der Waals surface area contributed by atoms with Crippen LogP contribution in [0.5, 0.6) is 0 Å². The molecule has 1 atom stereocenters. The molecule has 1 saturated heterocycles. The predicted octanol–water partition coefficient (Wildman–Crippen LogP) is 5.32. The van der Waals surface area contributed by atoms with E-state index in [1.165, 1.54) is 16.8 Å². The van der Waals surface area contributed by atoms with Crippen molar-refractivity contribution in [3.8, 4) is 0 Å². The van der Waals surface area contributed by atoms with Gasteiger partial charge in [-0.15, -0.1) is 0 Å². The summed E-state index contributed by atoms with van der Waals surface area (Å²) in [5.74, 6) is 0. The minimum Gasteiger partial charge on any atom is -0.368 e. The summed E-state index contributed by atoms with van der Waals surface area (Å²) in [6.07, 6.45) is 0.828. The summed E-state index contributed by atoms with van der Waals surface area (Å²) in [5.41, 5.74) is 3.70. The van der Waals surface area contributed by atoms with Crippen molar-refractivity contribution in [2.24, 2.45) is 0 Å². The van der Waals surface area contributed by atoms with Crippen LogP contribution in [-0.2, 0) is 6.42 Å². The fourth-order valence-corrected chi connectivity index (χ4v) is 4.42. The standard InChI is InChI=1S/C25H26ClN3S/c26-22-11-7-8-20(18-22)19-24(21-9-3-1-4-10-21)27-25(30)29-16-14-28(15-17-29)23-12-5-2-6-13-23/h1-13,18,24H,14-17,19H2,(H,27,30). The molecule has 4 rings (SSSR count). The molecule has 1 fully saturated rings. The monoisotopic (exact) mass is 435 g/mol. The van der Waals surface area contributed by atoms with Crippen LogP contribution in [0.15, 0.2) is 84.9 Å². The summed E-state index contributed by atoms with van der Waals surface area (Å²) >= 11 is 12.0. The Kier molecular flexibility index (Phi) is 6.88. The lowest BCUT2D eigenvalue weighted by molar-refractivity contribution is 0.374. The lowest BCUT2D eigenvalue weighted by Gasteiger charge is -2.38. The van der Waals surface area contributed by atoms with E-state index in [1.807, 2.05) is 24.3 Å². The summed E-state index contributed by atoms with van der Waals surface area (Å²) in [6.45, 7) is 3.77. The number of piperazine rings is 1. The first-order valence-corrected chi connectivity index (χ1v) is 11.1. The zero-order chi connectivity index (χ0) is 20.8. The number of halogens is 1. The number of anilines is 1. The Labute approximate surface area is 189 Å². The molecule has 5 heteroatoms. The number of benzene rings is 3. The fourth-order valence-electron chi connectivity index (χ4n) is 3.88. The molecule has 30 heavy (non-hydrogen) atoms. The molecule has 0 spiro atoms. The SMILES string of the molecule is S=C(NC(Cc1cccc(Cl)c1)c1ccccc1)N1CCN(c2ccccc2)CC1. The van der Waals surface area contributed by atoms with Crippen LogP contribution in [0, 0.1) is 0 Å². The third-order valence-corrected chi connectivity index (χ3v) is 6.13. The molecular weight excluding hydrogens is 410 g/mol. The van der Waals surface area contributed by atoms with Crippen LogP contribution in [0.2, 0.25) is 5.02 Å². The summed E-state index contributed by atoms with van der Waals surface area (Å²) in [7, 11) is 0. The van der Waals surface area contributed by atoms with E-state index in [0.717, 1.165) is 42.7 Å². The highest BCUT2D eigenvalue weighted by atomic mass is 35.5. The van der Waals surface area contributed by atoms with Gasteiger partial charge >= 0.3 is 0 Å². The number of nitrogens with zero attached hydrogens (tertiary/aromatic N) is 2. The molecule has 3 nitrogen and oxygen atoms in total. The zero-order valence-corrected chi connectivity index (χ0v) is 18.4. The summed E-state index contributed by atoms with van der Waals surface area (Å²) < 4.78 is 0. The quantitative estimate of drug-likeness (QED) is 0.546. The van der Waals surface area contributed by atoms with Gasteiger partial charge in [0.25, 0.3) is 0 Å². The molecule has 0 amide bonds. The zero-order valence-electron chi connectivity index (χ0n) is 16.9. The molecule has 0 bridgehead atoms. The first kappa shape index (κ1) is 20.7. The second-order valence-electron chi connectivity index (χ2n) is 7.56. The van der Waals surface area contributed by atoms with Crippen molar-refractivity contribution < 1.29 is 0 Å². The predicted molar refractivity (Wildman–Crippen MR) is 130 cm³/mol. The first-order chi connectivity index (χ1) is 14.7. The van der Waals surface area contributed by atoms with Crippen molar-refractivity contribution in [1.82, 2.24) is 10.2 Å². The van der Waals surface area contributed by atoms with E-state index in [1.54, 1.807) is 0 Å². The Hall–Kier alpha value is -2.56. The molecule has 1 aliphatic rings. The van der Waals surface area contributed by atoms with Crippen molar-refractivity contribution in [2.45, 2.75) is 12.5 Å². The maximum absolute atomic E-state index is 6.21. The summed E-state index contributed by atoms with van der Waals surface area (Å²) in [6, 6.07) is 29.2. The number of thiocarbonyl (C=S) groups is 1. The minimum atomic E-state index is 0.101.